The first-order chi connectivity index (χ1) is 6.77. The zero-order valence-electron chi connectivity index (χ0n) is 8.74. The second-order valence-corrected chi connectivity index (χ2v) is 5.15. The van der Waals surface area contributed by atoms with Crippen molar-refractivity contribution in [3.05, 3.63) is 0 Å². The van der Waals surface area contributed by atoms with Crippen LogP contribution < -0.4 is 5.73 Å². The first-order valence-electron chi connectivity index (χ1n) is 5.81. The lowest BCUT2D eigenvalue weighted by molar-refractivity contribution is 0.188. The summed E-state index contributed by atoms with van der Waals surface area (Å²) in [5.41, 5.74) is 5.77. The Bertz CT molecular complexity index is 213. The van der Waals surface area contributed by atoms with Crippen LogP contribution in [0.4, 0.5) is 0 Å². The fourth-order valence-electron chi connectivity index (χ4n) is 2.34. The summed E-state index contributed by atoms with van der Waals surface area (Å²) in [5, 5.41) is 0. The van der Waals surface area contributed by atoms with Crippen LogP contribution in [0, 0.1) is 5.92 Å². The molecule has 2 aliphatic rings. The number of nitrogens with zero attached hydrogens (tertiary/aromatic N) is 1. The summed E-state index contributed by atoms with van der Waals surface area (Å²) < 4.78 is 0. The predicted molar refractivity (Wildman–Crippen MR) is 63.3 cm³/mol. The van der Waals surface area contributed by atoms with E-state index in [1.54, 1.807) is 0 Å². The van der Waals surface area contributed by atoms with E-state index in [4.69, 9.17) is 18.0 Å². The van der Waals surface area contributed by atoms with Gasteiger partial charge in [-0.1, -0.05) is 31.5 Å². The van der Waals surface area contributed by atoms with E-state index in [0.29, 0.717) is 11.0 Å². The van der Waals surface area contributed by atoms with Gasteiger partial charge in [-0.3, -0.25) is 4.90 Å². The van der Waals surface area contributed by atoms with Gasteiger partial charge in [0.05, 0.1) is 11.0 Å². The van der Waals surface area contributed by atoms with Crippen LogP contribution in [0.3, 0.4) is 0 Å². The Morgan fingerprint density at radius 3 is 2.71 bits per heavy atom. The van der Waals surface area contributed by atoms with E-state index in [2.05, 4.69) is 4.90 Å². The minimum atomic E-state index is 0.400. The second-order valence-electron chi connectivity index (χ2n) is 4.68. The van der Waals surface area contributed by atoms with E-state index in [-0.39, 0.29) is 0 Å². The van der Waals surface area contributed by atoms with Crippen molar-refractivity contribution >= 4 is 17.2 Å². The number of likely N-dealkylation sites (tertiary alicyclic amines) is 1. The molecule has 2 nitrogen and oxygen atoms in total. The fourth-order valence-corrected chi connectivity index (χ4v) is 2.60. The quantitative estimate of drug-likeness (QED) is 0.722. The van der Waals surface area contributed by atoms with Gasteiger partial charge in [-0.05, 0) is 38.3 Å². The van der Waals surface area contributed by atoms with Gasteiger partial charge in [0, 0.05) is 0 Å². The normalized spacial score (nSPS) is 29.0. The van der Waals surface area contributed by atoms with E-state index in [0.717, 1.165) is 5.92 Å². The van der Waals surface area contributed by atoms with Crippen molar-refractivity contribution in [1.82, 2.24) is 4.90 Å². The molecule has 2 rings (SSSR count). The van der Waals surface area contributed by atoms with E-state index < -0.39 is 0 Å². The molecule has 0 radical (unpaired) electrons. The summed E-state index contributed by atoms with van der Waals surface area (Å²) in [7, 11) is 0. The molecular weight excluding hydrogens is 192 g/mol. The molecule has 1 heterocycles. The smallest absolute Gasteiger partial charge is 0.0902 e. The van der Waals surface area contributed by atoms with Gasteiger partial charge in [-0.2, -0.15) is 0 Å². The minimum Gasteiger partial charge on any atom is -0.392 e. The van der Waals surface area contributed by atoms with E-state index >= 15 is 0 Å². The van der Waals surface area contributed by atoms with Gasteiger partial charge in [0.1, 0.15) is 0 Å². The van der Waals surface area contributed by atoms with Crippen LogP contribution in [0.1, 0.15) is 38.5 Å². The van der Waals surface area contributed by atoms with Crippen molar-refractivity contribution in [2.45, 2.75) is 44.6 Å². The average Bonchev–Trinajstić information content (AvgIpc) is 2.98. The SMILES string of the molecule is NC(=S)C1CCCCN1CCC1CC1. The molecule has 0 aromatic carbocycles. The maximum absolute atomic E-state index is 5.77. The van der Waals surface area contributed by atoms with Crippen LogP contribution in [0.25, 0.3) is 0 Å². The summed E-state index contributed by atoms with van der Waals surface area (Å²) in [5.74, 6) is 1.02. The van der Waals surface area contributed by atoms with Crippen LogP contribution in [0.2, 0.25) is 0 Å². The monoisotopic (exact) mass is 212 g/mol. The molecule has 3 heteroatoms. The lowest BCUT2D eigenvalue weighted by Gasteiger charge is -2.34. The van der Waals surface area contributed by atoms with Gasteiger partial charge in [0.2, 0.25) is 0 Å². The molecule has 1 saturated carbocycles. The van der Waals surface area contributed by atoms with Gasteiger partial charge in [-0.25, -0.2) is 0 Å². The molecule has 1 aliphatic heterocycles. The van der Waals surface area contributed by atoms with Crippen LogP contribution in [0.15, 0.2) is 0 Å². The Labute approximate surface area is 91.8 Å². The molecule has 0 spiro atoms. The van der Waals surface area contributed by atoms with Crippen molar-refractivity contribution in [3.8, 4) is 0 Å². The zero-order chi connectivity index (χ0) is 9.97. The first-order valence-corrected chi connectivity index (χ1v) is 6.21. The van der Waals surface area contributed by atoms with E-state index in [9.17, 15) is 0 Å². The summed E-state index contributed by atoms with van der Waals surface area (Å²) in [6.45, 7) is 2.42. The summed E-state index contributed by atoms with van der Waals surface area (Å²) in [6.07, 6.45) is 8.06. The number of nitrogens with two attached hydrogens (primary N) is 1. The third-order valence-corrected chi connectivity index (χ3v) is 3.74. The Morgan fingerprint density at radius 2 is 2.07 bits per heavy atom. The number of hydrogen-bond acceptors (Lipinski definition) is 2. The van der Waals surface area contributed by atoms with Gasteiger partial charge in [-0.15, -0.1) is 0 Å². The predicted octanol–water partition coefficient (Wildman–Crippen LogP) is 1.93. The lowest BCUT2D eigenvalue weighted by atomic mass is 10.0. The molecule has 80 valence electrons. The molecule has 1 unspecified atom stereocenters. The Kier molecular flexibility index (Phi) is 3.39. The third kappa shape index (κ3) is 2.67. The molecule has 1 atom stereocenters. The number of hydrogen-bond donors (Lipinski definition) is 1. The standard InChI is InChI=1S/C11H20N2S/c12-11(14)10-3-1-2-7-13(10)8-6-9-4-5-9/h9-10H,1-8H2,(H2,12,14). The van der Waals surface area contributed by atoms with E-state index in [1.165, 1.54) is 51.6 Å². The molecule has 1 saturated heterocycles. The molecule has 2 fully saturated rings. The Morgan fingerprint density at radius 1 is 1.29 bits per heavy atom. The molecule has 2 N–H and O–H groups in total. The van der Waals surface area contributed by atoms with Crippen LogP contribution >= 0.6 is 12.2 Å². The molecule has 14 heavy (non-hydrogen) atoms. The molecule has 0 amide bonds. The zero-order valence-corrected chi connectivity index (χ0v) is 9.56. The number of rotatable bonds is 4. The summed E-state index contributed by atoms with van der Waals surface area (Å²) >= 11 is 5.12. The Hall–Kier alpha value is -0.150. The largest absolute Gasteiger partial charge is 0.392 e. The maximum Gasteiger partial charge on any atom is 0.0902 e. The average molecular weight is 212 g/mol. The van der Waals surface area contributed by atoms with Crippen LogP contribution in [-0.2, 0) is 0 Å². The number of piperidine rings is 1. The van der Waals surface area contributed by atoms with Crippen LogP contribution in [-0.4, -0.2) is 29.0 Å². The highest BCUT2D eigenvalue weighted by atomic mass is 32.1. The molecule has 1 aliphatic carbocycles. The summed E-state index contributed by atoms with van der Waals surface area (Å²) in [4.78, 5) is 3.21. The van der Waals surface area contributed by atoms with Gasteiger partial charge in [0.15, 0.2) is 0 Å². The van der Waals surface area contributed by atoms with Crippen molar-refractivity contribution in [2.75, 3.05) is 13.1 Å². The number of thiocarbonyl (C=S) groups is 1. The van der Waals surface area contributed by atoms with Gasteiger partial charge < -0.3 is 5.73 Å². The van der Waals surface area contributed by atoms with Crippen molar-refractivity contribution in [1.29, 1.82) is 0 Å². The molecular formula is C11H20N2S. The van der Waals surface area contributed by atoms with Gasteiger partial charge >= 0.3 is 0 Å². The second kappa shape index (κ2) is 4.58. The highest BCUT2D eigenvalue weighted by Crippen LogP contribution is 2.33. The van der Waals surface area contributed by atoms with Gasteiger partial charge in [0.25, 0.3) is 0 Å². The minimum absolute atomic E-state index is 0.400. The van der Waals surface area contributed by atoms with Crippen molar-refractivity contribution in [2.24, 2.45) is 11.7 Å². The first kappa shape index (κ1) is 10.4. The lowest BCUT2D eigenvalue weighted by Crippen LogP contribution is -2.47. The molecule has 0 bridgehead atoms. The fraction of sp³-hybridized carbons (Fsp3) is 0.909. The van der Waals surface area contributed by atoms with Crippen molar-refractivity contribution < 1.29 is 0 Å². The van der Waals surface area contributed by atoms with E-state index in [1.807, 2.05) is 0 Å². The third-order valence-electron chi connectivity index (χ3n) is 3.46. The molecule has 0 aromatic rings. The summed E-state index contributed by atoms with van der Waals surface area (Å²) in [6, 6.07) is 0.400. The van der Waals surface area contributed by atoms with Crippen LogP contribution in [0.5, 0.6) is 0 Å². The maximum atomic E-state index is 5.77. The highest BCUT2D eigenvalue weighted by Gasteiger charge is 2.27. The Balaban J connectivity index is 1.81. The highest BCUT2D eigenvalue weighted by molar-refractivity contribution is 7.80. The van der Waals surface area contributed by atoms with Crippen molar-refractivity contribution in [3.63, 3.8) is 0 Å². The topological polar surface area (TPSA) is 29.3 Å². The molecule has 0 aromatic heterocycles.